The van der Waals surface area contributed by atoms with E-state index in [1.165, 1.54) is 18.0 Å². The number of nitrogens with one attached hydrogen (secondary N) is 1. The first-order valence-electron chi connectivity index (χ1n) is 6.02. The standard InChI is InChI=1S/C11H15N5O2S/c1-3-6-17-9-14-8(12-4-2)15-10(16-9)19-11-13-5-7-18-11/h5,7H,3-4,6H2,1-2H3,(H,12,14,15,16). The summed E-state index contributed by atoms with van der Waals surface area (Å²) >= 11 is 1.22. The lowest BCUT2D eigenvalue weighted by molar-refractivity contribution is 0.288. The minimum absolute atomic E-state index is 0.307. The van der Waals surface area contributed by atoms with Crippen LogP contribution in [0.1, 0.15) is 20.3 Å². The van der Waals surface area contributed by atoms with Crippen LogP contribution in [0, 0.1) is 0 Å². The van der Waals surface area contributed by atoms with E-state index < -0.39 is 0 Å². The molecule has 0 saturated carbocycles. The van der Waals surface area contributed by atoms with E-state index in [4.69, 9.17) is 9.15 Å². The molecule has 0 saturated heterocycles. The zero-order chi connectivity index (χ0) is 13.5. The SMILES string of the molecule is CCCOc1nc(NCC)nc(Sc2ncco2)n1. The lowest BCUT2D eigenvalue weighted by Crippen LogP contribution is -2.07. The smallest absolute Gasteiger partial charge is 0.322 e. The highest BCUT2D eigenvalue weighted by atomic mass is 32.2. The lowest BCUT2D eigenvalue weighted by atomic mass is 10.5. The highest BCUT2D eigenvalue weighted by molar-refractivity contribution is 7.98. The van der Waals surface area contributed by atoms with E-state index in [1.54, 1.807) is 6.20 Å². The number of aromatic nitrogens is 4. The lowest BCUT2D eigenvalue weighted by Gasteiger charge is -2.06. The predicted molar refractivity (Wildman–Crippen MR) is 70.4 cm³/mol. The molecule has 0 aliphatic carbocycles. The number of nitrogens with zero attached hydrogens (tertiary/aromatic N) is 4. The summed E-state index contributed by atoms with van der Waals surface area (Å²) in [6.45, 7) is 5.28. The fourth-order valence-corrected chi connectivity index (χ4v) is 1.85. The molecule has 0 radical (unpaired) electrons. The topological polar surface area (TPSA) is 86.0 Å². The molecule has 0 spiro atoms. The van der Waals surface area contributed by atoms with Gasteiger partial charge >= 0.3 is 6.01 Å². The molecule has 2 aromatic rings. The Hall–Kier alpha value is -1.83. The minimum Gasteiger partial charge on any atom is -0.463 e. The van der Waals surface area contributed by atoms with Gasteiger partial charge in [0.15, 0.2) is 0 Å². The third-order valence-electron chi connectivity index (χ3n) is 1.95. The van der Waals surface area contributed by atoms with Crippen LogP contribution in [0.15, 0.2) is 27.3 Å². The van der Waals surface area contributed by atoms with Crippen molar-refractivity contribution in [2.75, 3.05) is 18.5 Å². The Balaban J connectivity index is 2.17. The zero-order valence-corrected chi connectivity index (χ0v) is 11.6. The van der Waals surface area contributed by atoms with Crippen molar-refractivity contribution in [2.24, 2.45) is 0 Å². The summed E-state index contributed by atoms with van der Waals surface area (Å²) in [4.78, 5) is 16.6. The molecule has 0 amide bonds. The van der Waals surface area contributed by atoms with Crippen LogP contribution in [-0.4, -0.2) is 33.1 Å². The number of rotatable bonds is 7. The molecule has 102 valence electrons. The van der Waals surface area contributed by atoms with Gasteiger partial charge in [0.2, 0.25) is 11.1 Å². The van der Waals surface area contributed by atoms with Gasteiger partial charge in [-0.25, -0.2) is 4.98 Å². The van der Waals surface area contributed by atoms with Crippen molar-refractivity contribution in [3.8, 4) is 6.01 Å². The maximum atomic E-state index is 5.44. The Kier molecular flexibility index (Phi) is 4.96. The molecule has 0 unspecified atom stereocenters. The Bertz CT molecular complexity index is 506. The molecule has 19 heavy (non-hydrogen) atoms. The fourth-order valence-electron chi connectivity index (χ4n) is 1.22. The average Bonchev–Trinajstić information content (AvgIpc) is 2.89. The molecule has 2 rings (SSSR count). The van der Waals surface area contributed by atoms with Crippen molar-refractivity contribution >= 4 is 17.7 Å². The molecular weight excluding hydrogens is 266 g/mol. The monoisotopic (exact) mass is 281 g/mol. The van der Waals surface area contributed by atoms with E-state index >= 15 is 0 Å². The first-order chi connectivity index (χ1) is 9.31. The van der Waals surface area contributed by atoms with E-state index in [2.05, 4.69) is 25.3 Å². The third kappa shape index (κ3) is 4.09. The Morgan fingerprint density at radius 3 is 2.89 bits per heavy atom. The van der Waals surface area contributed by atoms with Gasteiger partial charge in [-0.3, -0.25) is 0 Å². The second-order valence-corrected chi connectivity index (χ2v) is 4.42. The molecular formula is C11H15N5O2S. The van der Waals surface area contributed by atoms with Crippen molar-refractivity contribution in [1.82, 2.24) is 19.9 Å². The molecule has 2 aromatic heterocycles. The molecule has 0 aromatic carbocycles. The molecule has 0 fully saturated rings. The van der Waals surface area contributed by atoms with Gasteiger partial charge in [-0.2, -0.15) is 15.0 Å². The van der Waals surface area contributed by atoms with E-state index in [1.807, 2.05) is 13.8 Å². The Morgan fingerprint density at radius 2 is 2.21 bits per heavy atom. The van der Waals surface area contributed by atoms with Crippen LogP contribution in [0.2, 0.25) is 0 Å². The van der Waals surface area contributed by atoms with Gasteiger partial charge in [0.05, 0.1) is 12.8 Å². The van der Waals surface area contributed by atoms with Crippen LogP contribution in [0.25, 0.3) is 0 Å². The molecule has 0 aliphatic heterocycles. The first kappa shape index (κ1) is 13.6. The Labute approximate surface area is 115 Å². The molecule has 0 atom stereocenters. The molecule has 0 bridgehead atoms. The van der Waals surface area contributed by atoms with Gasteiger partial charge in [-0.15, -0.1) is 0 Å². The highest BCUT2D eigenvalue weighted by Gasteiger charge is 2.10. The van der Waals surface area contributed by atoms with Gasteiger partial charge in [0, 0.05) is 18.3 Å². The summed E-state index contributed by atoms with van der Waals surface area (Å²) < 4.78 is 10.6. The molecule has 2 heterocycles. The summed E-state index contributed by atoms with van der Waals surface area (Å²) in [6.07, 6.45) is 3.97. The summed E-state index contributed by atoms with van der Waals surface area (Å²) in [5.41, 5.74) is 0. The summed E-state index contributed by atoms with van der Waals surface area (Å²) in [7, 11) is 0. The van der Waals surface area contributed by atoms with Crippen LogP contribution in [0.4, 0.5) is 5.95 Å². The van der Waals surface area contributed by atoms with Crippen LogP contribution in [-0.2, 0) is 0 Å². The second-order valence-electron chi connectivity index (χ2n) is 3.50. The first-order valence-corrected chi connectivity index (χ1v) is 6.83. The number of oxazole rings is 1. The van der Waals surface area contributed by atoms with E-state index in [9.17, 15) is 0 Å². The van der Waals surface area contributed by atoms with Crippen molar-refractivity contribution < 1.29 is 9.15 Å². The van der Waals surface area contributed by atoms with Gasteiger partial charge in [0.1, 0.15) is 6.26 Å². The van der Waals surface area contributed by atoms with Crippen molar-refractivity contribution in [1.29, 1.82) is 0 Å². The van der Waals surface area contributed by atoms with Crippen LogP contribution >= 0.6 is 11.8 Å². The van der Waals surface area contributed by atoms with E-state index in [-0.39, 0.29) is 0 Å². The number of hydrogen-bond donors (Lipinski definition) is 1. The van der Waals surface area contributed by atoms with Crippen molar-refractivity contribution in [3.63, 3.8) is 0 Å². The maximum absolute atomic E-state index is 5.44. The quantitative estimate of drug-likeness (QED) is 0.826. The van der Waals surface area contributed by atoms with Crippen molar-refractivity contribution in [3.05, 3.63) is 12.5 Å². The normalized spacial score (nSPS) is 10.4. The van der Waals surface area contributed by atoms with Gasteiger partial charge in [-0.1, -0.05) is 6.92 Å². The zero-order valence-electron chi connectivity index (χ0n) is 10.8. The summed E-state index contributed by atoms with van der Waals surface area (Å²) in [5.74, 6) is 0.484. The molecule has 8 heteroatoms. The fraction of sp³-hybridized carbons (Fsp3) is 0.455. The van der Waals surface area contributed by atoms with Crippen LogP contribution < -0.4 is 10.1 Å². The van der Waals surface area contributed by atoms with Gasteiger partial charge in [0.25, 0.3) is 5.22 Å². The molecule has 1 N–H and O–H groups in total. The van der Waals surface area contributed by atoms with Gasteiger partial charge < -0.3 is 14.5 Å². The van der Waals surface area contributed by atoms with Crippen LogP contribution in [0.5, 0.6) is 6.01 Å². The number of ether oxygens (including phenoxy) is 1. The van der Waals surface area contributed by atoms with Crippen molar-refractivity contribution in [2.45, 2.75) is 30.6 Å². The maximum Gasteiger partial charge on any atom is 0.322 e. The summed E-state index contributed by atoms with van der Waals surface area (Å²) in [6, 6.07) is 0.307. The largest absolute Gasteiger partial charge is 0.463 e. The third-order valence-corrected chi connectivity index (χ3v) is 2.69. The van der Waals surface area contributed by atoms with E-state index in [0.717, 1.165) is 13.0 Å². The number of anilines is 1. The Morgan fingerprint density at radius 1 is 1.32 bits per heavy atom. The minimum atomic E-state index is 0.307. The summed E-state index contributed by atoms with van der Waals surface area (Å²) in [5, 5.41) is 4.00. The molecule has 7 nitrogen and oxygen atoms in total. The van der Waals surface area contributed by atoms with Gasteiger partial charge in [-0.05, 0) is 13.3 Å². The molecule has 0 aliphatic rings. The van der Waals surface area contributed by atoms with Crippen LogP contribution in [0.3, 0.4) is 0 Å². The number of hydrogen-bond acceptors (Lipinski definition) is 8. The van der Waals surface area contributed by atoms with E-state index in [0.29, 0.717) is 28.9 Å². The average molecular weight is 281 g/mol. The predicted octanol–water partition coefficient (Wildman–Crippen LogP) is 2.23. The highest BCUT2D eigenvalue weighted by Crippen LogP contribution is 2.24. The second kappa shape index (κ2) is 6.93.